The third kappa shape index (κ3) is 4.90. The maximum Gasteiger partial charge on any atom is 0.274 e. The van der Waals surface area contributed by atoms with E-state index in [1.54, 1.807) is 30.2 Å². The highest BCUT2D eigenvalue weighted by atomic mass is 32.2. The second-order valence-electron chi connectivity index (χ2n) is 7.61. The summed E-state index contributed by atoms with van der Waals surface area (Å²) in [6.07, 6.45) is 1.71. The molecule has 1 fully saturated rings. The summed E-state index contributed by atoms with van der Waals surface area (Å²) >= 11 is 3.35. The van der Waals surface area contributed by atoms with Gasteiger partial charge in [-0.2, -0.15) is 0 Å². The predicted molar refractivity (Wildman–Crippen MR) is 123 cm³/mol. The third-order valence-electron chi connectivity index (χ3n) is 5.04. The minimum atomic E-state index is 0.0846. The van der Waals surface area contributed by atoms with Crippen LogP contribution in [0, 0.1) is 0 Å². The fourth-order valence-electron chi connectivity index (χ4n) is 3.51. The van der Waals surface area contributed by atoms with Crippen LogP contribution in [0.25, 0.3) is 10.2 Å². The first-order chi connectivity index (χ1) is 14.5. The number of benzene rings is 2. The van der Waals surface area contributed by atoms with E-state index in [0.717, 1.165) is 34.4 Å². The molecule has 1 aromatic heterocycles. The lowest BCUT2D eigenvalue weighted by atomic mass is 10.1. The number of carbonyl (C=O) groups excluding carboxylic acids is 1. The van der Waals surface area contributed by atoms with Crippen LogP contribution in [0.1, 0.15) is 37.0 Å². The standard InChI is InChI=1S/C23H26N2O3S2/c1-15(2)29-19-7-4-16(5-8-19)22(26)25-12-10-17(11-13-25)28-23-24-20-14-18(27-3)6-9-21(20)30-23/h4-9,14-15,17H,10-13H2,1-3H3. The highest BCUT2D eigenvalue weighted by Gasteiger charge is 2.25. The molecule has 7 heteroatoms. The summed E-state index contributed by atoms with van der Waals surface area (Å²) < 4.78 is 12.5. The Bertz CT molecular complexity index is 1010. The van der Waals surface area contributed by atoms with Crippen molar-refractivity contribution < 1.29 is 14.3 Å². The first-order valence-corrected chi connectivity index (χ1v) is 11.9. The lowest BCUT2D eigenvalue weighted by Gasteiger charge is -2.31. The number of rotatable bonds is 6. The van der Waals surface area contributed by atoms with Gasteiger partial charge < -0.3 is 14.4 Å². The van der Waals surface area contributed by atoms with Gasteiger partial charge in [0.25, 0.3) is 11.1 Å². The summed E-state index contributed by atoms with van der Waals surface area (Å²) in [6, 6.07) is 13.8. The number of ether oxygens (including phenoxy) is 2. The number of thioether (sulfide) groups is 1. The average Bonchev–Trinajstić information content (AvgIpc) is 3.15. The van der Waals surface area contributed by atoms with Gasteiger partial charge in [-0.3, -0.25) is 4.79 Å². The first kappa shape index (κ1) is 21.0. The van der Waals surface area contributed by atoms with Crippen LogP contribution in [0.2, 0.25) is 0 Å². The van der Waals surface area contributed by atoms with Gasteiger partial charge in [0, 0.05) is 47.7 Å². The summed E-state index contributed by atoms with van der Waals surface area (Å²) in [5.41, 5.74) is 1.64. The number of carbonyl (C=O) groups is 1. The zero-order chi connectivity index (χ0) is 21.1. The average molecular weight is 443 g/mol. The van der Waals surface area contributed by atoms with Gasteiger partial charge >= 0.3 is 0 Å². The van der Waals surface area contributed by atoms with E-state index in [1.165, 1.54) is 4.90 Å². The Balaban J connectivity index is 1.32. The molecule has 3 aromatic rings. The number of fused-ring (bicyclic) bond motifs is 1. The number of aromatic nitrogens is 1. The van der Waals surface area contributed by atoms with Crippen LogP contribution in [0.4, 0.5) is 0 Å². The lowest BCUT2D eigenvalue weighted by Crippen LogP contribution is -2.41. The fraction of sp³-hybridized carbons (Fsp3) is 0.391. The third-order valence-corrected chi connectivity index (χ3v) is 6.99. The molecule has 1 saturated heterocycles. The number of piperidine rings is 1. The molecule has 4 rings (SSSR count). The Morgan fingerprint density at radius 3 is 2.57 bits per heavy atom. The van der Waals surface area contributed by atoms with E-state index in [4.69, 9.17) is 9.47 Å². The predicted octanol–water partition coefficient (Wildman–Crippen LogP) is 5.49. The van der Waals surface area contributed by atoms with Crippen molar-refractivity contribution in [2.45, 2.75) is 42.9 Å². The van der Waals surface area contributed by atoms with E-state index in [1.807, 2.05) is 47.4 Å². The molecule has 5 nitrogen and oxygen atoms in total. The van der Waals surface area contributed by atoms with E-state index in [9.17, 15) is 4.79 Å². The largest absolute Gasteiger partial charge is 0.497 e. The molecule has 2 heterocycles. The quantitative estimate of drug-likeness (QED) is 0.473. The number of likely N-dealkylation sites (tertiary alicyclic amines) is 1. The second-order valence-corrected chi connectivity index (χ2v) is 10.3. The Morgan fingerprint density at radius 1 is 1.17 bits per heavy atom. The SMILES string of the molecule is COc1ccc2sc(OC3CCN(C(=O)c4ccc(SC(C)C)cc4)CC3)nc2c1. The van der Waals surface area contributed by atoms with Crippen LogP contribution in [0.15, 0.2) is 47.4 Å². The number of amides is 1. The van der Waals surface area contributed by atoms with Crippen molar-refractivity contribution in [3.8, 4) is 10.9 Å². The van der Waals surface area contributed by atoms with Crippen molar-refractivity contribution in [3.63, 3.8) is 0 Å². The Labute approximate surface area is 185 Å². The molecule has 158 valence electrons. The molecule has 0 unspecified atom stereocenters. The minimum Gasteiger partial charge on any atom is -0.497 e. The summed E-state index contributed by atoms with van der Waals surface area (Å²) in [6.45, 7) is 5.73. The van der Waals surface area contributed by atoms with Crippen LogP contribution >= 0.6 is 23.1 Å². The van der Waals surface area contributed by atoms with E-state index in [-0.39, 0.29) is 12.0 Å². The Hall–Kier alpha value is -2.25. The van der Waals surface area contributed by atoms with Gasteiger partial charge in [-0.1, -0.05) is 25.2 Å². The molecule has 0 radical (unpaired) electrons. The van der Waals surface area contributed by atoms with Crippen molar-refractivity contribution in [1.29, 1.82) is 0 Å². The maximum atomic E-state index is 12.8. The van der Waals surface area contributed by atoms with Gasteiger partial charge in [0.2, 0.25) is 0 Å². The maximum absolute atomic E-state index is 12.8. The molecular formula is C23H26N2O3S2. The van der Waals surface area contributed by atoms with E-state index >= 15 is 0 Å². The van der Waals surface area contributed by atoms with Crippen LogP contribution in [0.5, 0.6) is 10.9 Å². The van der Waals surface area contributed by atoms with Crippen LogP contribution < -0.4 is 9.47 Å². The smallest absolute Gasteiger partial charge is 0.274 e. The number of thiazole rings is 1. The number of hydrogen-bond acceptors (Lipinski definition) is 6. The van der Waals surface area contributed by atoms with Crippen LogP contribution in [-0.4, -0.2) is 47.3 Å². The molecule has 1 aliphatic rings. The second kappa shape index (κ2) is 9.27. The zero-order valence-electron chi connectivity index (χ0n) is 17.5. The lowest BCUT2D eigenvalue weighted by molar-refractivity contribution is 0.0595. The fourth-order valence-corrected chi connectivity index (χ4v) is 5.21. The molecule has 1 amide bonds. The van der Waals surface area contributed by atoms with E-state index in [2.05, 4.69) is 18.8 Å². The monoisotopic (exact) mass is 442 g/mol. The number of nitrogens with zero attached hydrogens (tertiary/aromatic N) is 2. The summed E-state index contributed by atoms with van der Waals surface area (Å²) in [5.74, 6) is 0.892. The molecule has 0 spiro atoms. The van der Waals surface area contributed by atoms with E-state index < -0.39 is 0 Å². The van der Waals surface area contributed by atoms with Crippen LogP contribution in [-0.2, 0) is 0 Å². The topological polar surface area (TPSA) is 51.7 Å². The molecule has 0 saturated carbocycles. The molecule has 1 aliphatic heterocycles. The molecule has 2 aromatic carbocycles. The summed E-state index contributed by atoms with van der Waals surface area (Å²) in [4.78, 5) is 20.5. The van der Waals surface area contributed by atoms with Gasteiger partial charge in [-0.25, -0.2) is 4.98 Å². The van der Waals surface area contributed by atoms with Crippen molar-refractivity contribution in [2.75, 3.05) is 20.2 Å². The van der Waals surface area contributed by atoms with E-state index in [0.29, 0.717) is 23.5 Å². The molecule has 30 heavy (non-hydrogen) atoms. The van der Waals surface area contributed by atoms with Gasteiger partial charge in [0.15, 0.2) is 0 Å². The molecule has 0 atom stereocenters. The summed E-state index contributed by atoms with van der Waals surface area (Å²) in [5, 5.41) is 1.21. The number of hydrogen-bond donors (Lipinski definition) is 0. The molecule has 0 aliphatic carbocycles. The van der Waals surface area contributed by atoms with Crippen molar-refractivity contribution in [1.82, 2.24) is 9.88 Å². The van der Waals surface area contributed by atoms with Gasteiger partial charge in [0.05, 0.1) is 17.3 Å². The highest BCUT2D eigenvalue weighted by molar-refractivity contribution is 7.99. The van der Waals surface area contributed by atoms with Gasteiger partial charge in [-0.05, 0) is 36.4 Å². The Kier molecular flexibility index (Phi) is 6.49. The number of methoxy groups -OCH3 is 1. The molecular weight excluding hydrogens is 416 g/mol. The molecule has 0 bridgehead atoms. The highest BCUT2D eigenvalue weighted by Crippen LogP contribution is 2.32. The minimum absolute atomic E-state index is 0.0846. The Morgan fingerprint density at radius 2 is 1.90 bits per heavy atom. The zero-order valence-corrected chi connectivity index (χ0v) is 19.1. The van der Waals surface area contributed by atoms with Crippen LogP contribution in [0.3, 0.4) is 0 Å². The normalized spacial score (nSPS) is 15.0. The van der Waals surface area contributed by atoms with Crippen molar-refractivity contribution in [2.24, 2.45) is 0 Å². The summed E-state index contributed by atoms with van der Waals surface area (Å²) in [7, 11) is 1.65. The first-order valence-electron chi connectivity index (χ1n) is 10.2. The molecule has 0 N–H and O–H groups in total. The van der Waals surface area contributed by atoms with Gasteiger partial charge in [0.1, 0.15) is 11.9 Å². The van der Waals surface area contributed by atoms with Crippen molar-refractivity contribution >= 4 is 39.2 Å². The van der Waals surface area contributed by atoms with Gasteiger partial charge in [-0.15, -0.1) is 11.8 Å². The van der Waals surface area contributed by atoms with Crippen molar-refractivity contribution in [3.05, 3.63) is 48.0 Å².